The SMILES string of the molecule is CN1CCC(c2ccccc2)c2ccc(-c3ccccc3S(C)(=O)=O)cc2C1. The van der Waals surface area contributed by atoms with Gasteiger partial charge in [0.15, 0.2) is 9.84 Å². The van der Waals surface area contributed by atoms with Crippen LogP contribution < -0.4 is 0 Å². The Morgan fingerprint density at radius 3 is 2.39 bits per heavy atom. The topological polar surface area (TPSA) is 37.4 Å². The molecule has 0 radical (unpaired) electrons. The van der Waals surface area contributed by atoms with E-state index in [1.54, 1.807) is 12.1 Å². The zero-order valence-electron chi connectivity index (χ0n) is 16.3. The van der Waals surface area contributed by atoms with E-state index < -0.39 is 9.84 Å². The highest BCUT2D eigenvalue weighted by Crippen LogP contribution is 2.37. The molecule has 1 heterocycles. The maximum atomic E-state index is 12.3. The molecule has 0 fully saturated rings. The molecule has 0 amide bonds. The van der Waals surface area contributed by atoms with Gasteiger partial charge in [0.25, 0.3) is 0 Å². The second kappa shape index (κ2) is 7.53. The van der Waals surface area contributed by atoms with Crippen LogP contribution in [0.3, 0.4) is 0 Å². The highest BCUT2D eigenvalue weighted by molar-refractivity contribution is 7.90. The predicted octanol–water partition coefficient (Wildman–Crippen LogP) is 4.72. The van der Waals surface area contributed by atoms with Crippen molar-refractivity contribution in [3.63, 3.8) is 0 Å². The van der Waals surface area contributed by atoms with E-state index in [1.807, 2.05) is 12.1 Å². The van der Waals surface area contributed by atoms with Gasteiger partial charge in [-0.1, -0.05) is 60.7 Å². The summed E-state index contributed by atoms with van der Waals surface area (Å²) in [6.07, 6.45) is 2.35. The Labute approximate surface area is 167 Å². The third kappa shape index (κ3) is 3.75. The van der Waals surface area contributed by atoms with Gasteiger partial charge >= 0.3 is 0 Å². The summed E-state index contributed by atoms with van der Waals surface area (Å²) in [6, 6.07) is 24.4. The maximum Gasteiger partial charge on any atom is 0.176 e. The Bertz CT molecular complexity index is 1090. The lowest BCUT2D eigenvalue weighted by atomic mass is 9.85. The molecule has 4 heteroatoms. The Kier molecular flexibility index (Phi) is 5.09. The van der Waals surface area contributed by atoms with Crippen molar-refractivity contribution in [2.24, 2.45) is 0 Å². The van der Waals surface area contributed by atoms with Crippen molar-refractivity contribution in [2.45, 2.75) is 23.8 Å². The molecule has 0 aliphatic carbocycles. The number of benzene rings is 3. The van der Waals surface area contributed by atoms with Gasteiger partial charge in [-0.15, -0.1) is 0 Å². The van der Waals surface area contributed by atoms with Gasteiger partial charge in [-0.2, -0.15) is 0 Å². The van der Waals surface area contributed by atoms with Gasteiger partial charge in [-0.05, 0) is 54.4 Å². The van der Waals surface area contributed by atoms with E-state index in [1.165, 1.54) is 22.9 Å². The zero-order valence-corrected chi connectivity index (χ0v) is 17.1. The Balaban J connectivity index is 1.84. The first kappa shape index (κ1) is 18.9. The quantitative estimate of drug-likeness (QED) is 0.648. The van der Waals surface area contributed by atoms with E-state index in [0.717, 1.165) is 30.6 Å². The van der Waals surface area contributed by atoms with Crippen LogP contribution >= 0.6 is 0 Å². The lowest BCUT2D eigenvalue weighted by Gasteiger charge is -2.19. The van der Waals surface area contributed by atoms with Gasteiger partial charge < -0.3 is 4.90 Å². The molecular weight excluding hydrogens is 366 g/mol. The molecule has 1 unspecified atom stereocenters. The monoisotopic (exact) mass is 391 g/mol. The van der Waals surface area contributed by atoms with Crippen LogP contribution in [0.25, 0.3) is 11.1 Å². The standard InChI is InChI=1S/C24H25NO2S/c1-25-15-14-22(18-8-4-3-5-9-18)21-13-12-19(16-20(21)17-25)23-10-6-7-11-24(23)28(2,26)27/h3-13,16,22H,14-15,17H2,1-2H3. The summed E-state index contributed by atoms with van der Waals surface area (Å²) in [7, 11) is -1.14. The van der Waals surface area contributed by atoms with Crippen LogP contribution in [0.15, 0.2) is 77.7 Å². The van der Waals surface area contributed by atoms with Crippen molar-refractivity contribution >= 4 is 9.84 Å². The van der Waals surface area contributed by atoms with Gasteiger partial charge in [0.1, 0.15) is 0 Å². The smallest absolute Gasteiger partial charge is 0.176 e. The number of sulfone groups is 1. The molecule has 144 valence electrons. The third-order valence-electron chi connectivity index (χ3n) is 5.56. The Hall–Kier alpha value is -2.43. The number of rotatable bonds is 3. The fourth-order valence-electron chi connectivity index (χ4n) is 4.19. The lowest BCUT2D eigenvalue weighted by Crippen LogP contribution is -2.17. The van der Waals surface area contributed by atoms with Crippen molar-refractivity contribution in [2.75, 3.05) is 19.8 Å². The van der Waals surface area contributed by atoms with Crippen molar-refractivity contribution in [3.05, 3.63) is 89.5 Å². The number of hydrogen-bond acceptors (Lipinski definition) is 3. The molecule has 1 aliphatic rings. The van der Waals surface area contributed by atoms with Gasteiger partial charge in [-0.3, -0.25) is 0 Å². The van der Waals surface area contributed by atoms with Crippen molar-refractivity contribution in [3.8, 4) is 11.1 Å². The first-order valence-electron chi connectivity index (χ1n) is 9.59. The molecule has 0 spiro atoms. The lowest BCUT2D eigenvalue weighted by molar-refractivity contribution is 0.328. The molecule has 0 aromatic heterocycles. The van der Waals surface area contributed by atoms with E-state index >= 15 is 0 Å². The van der Waals surface area contributed by atoms with Gasteiger partial charge in [0.05, 0.1) is 4.90 Å². The second-order valence-corrected chi connectivity index (χ2v) is 9.66. The normalized spacial score (nSPS) is 17.7. The summed E-state index contributed by atoms with van der Waals surface area (Å²) < 4.78 is 24.5. The van der Waals surface area contributed by atoms with Crippen molar-refractivity contribution < 1.29 is 8.42 Å². The van der Waals surface area contributed by atoms with Crippen LogP contribution in [0.4, 0.5) is 0 Å². The van der Waals surface area contributed by atoms with Crippen LogP contribution in [-0.4, -0.2) is 33.2 Å². The molecule has 3 nitrogen and oxygen atoms in total. The minimum Gasteiger partial charge on any atom is -0.302 e. The summed E-state index contributed by atoms with van der Waals surface area (Å²) in [5.41, 5.74) is 5.69. The second-order valence-electron chi connectivity index (χ2n) is 7.67. The molecule has 1 aliphatic heterocycles. The highest BCUT2D eigenvalue weighted by atomic mass is 32.2. The molecule has 0 N–H and O–H groups in total. The van der Waals surface area contributed by atoms with Gasteiger partial charge in [0, 0.05) is 24.3 Å². The van der Waals surface area contributed by atoms with Crippen LogP contribution in [0.2, 0.25) is 0 Å². The first-order chi connectivity index (χ1) is 13.4. The summed E-state index contributed by atoms with van der Waals surface area (Å²) in [4.78, 5) is 2.73. The molecule has 3 aromatic rings. The molecule has 1 atom stereocenters. The minimum absolute atomic E-state index is 0.361. The van der Waals surface area contributed by atoms with E-state index in [9.17, 15) is 8.42 Å². The molecule has 0 saturated heterocycles. The first-order valence-corrected chi connectivity index (χ1v) is 11.5. The molecule has 4 rings (SSSR count). The molecule has 3 aromatic carbocycles. The number of nitrogens with zero attached hydrogens (tertiary/aromatic N) is 1. The van der Waals surface area contributed by atoms with E-state index in [4.69, 9.17) is 0 Å². The van der Waals surface area contributed by atoms with E-state index in [-0.39, 0.29) is 0 Å². The molecule has 0 saturated carbocycles. The molecule has 28 heavy (non-hydrogen) atoms. The molecule has 0 bridgehead atoms. The average molecular weight is 392 g/mol. The summed E-state index contributed by atoms with van der Waals surface area (Å²) >= 11 is 0. The third-order valence-corrected chi connectivity index (χ3v) is 6.71. The molecular formula is C24H25NO2S. The minimum atomic E-state index is -3.29. The summed E-state index contributed by atoms with van der Waals surface area (Å²) in [6.45, 7) is 1.90. The zero-order chi connectivity index (χ0) is 19.7. The van der Waals surface area contributed by atoms with Crippen molar-refractivity contribution in [1.82, 2.24) is 4.90 Å². The average Bonchev–Trinajstić information content (AvgIpc) is 2.85. The summed E-state index contributed by atoms with van der Waals surface area (Å²) in [5, 5.41) is 0. The largest absolute Gasteiger partial charge is 0.302 e. The predicted molar refractivity (Wildman–Crippen MR) is 114 cm³/mol. The fraction of sp³-hybridized carbons (Fsp3) is 0.250. The Morgan fingerprint density at radius 2 is 1.64 bits per heavy atom. The van der Waals surface area contributed by atoms with Crippen LogP contribution in [0.1, 0.15) is 29.0 Å². The number of hydrogen-bond donors (Lipinski definition) is 0. The Morgan fingerprint density at radius 1 is 0.929 bits per heavy atom. The van der Waals surface area contributed by atoms with Crippen LogP contribution in [0.5, 0.6) is 0 Å². The maximum absolute atomic E-state index is 12.3. The van der Waals surface area contributed by atoms with E-state index in [0.29, 0.717) is 10.8 Å². The van der Waals surface area contributed by atoms with Crippen LogP contribution in [0, 0.1) is 0 Å². The van der Waals surface area contributed by atoms with Crippen molar-refractivity contribution in [1.29, 1.82) is 0 Å². The van der Waals surface area contributed by atoms with Gasteiger partial charge in [0.2, 0.25) is 0 Å². The van der Waals surface area contributed by atoms with E-state index in [2.05, 4.69) is 60.5 Å². The highest BCUT2D eigenvalue weighted by Gasteiger charge is 2.23. The summed E-state index contributed by atoms with van der Waals surface area (Å²) in [5.74, 6) is 0.361. The van der Waals surface area contributed by atoms with Crippen LogP contribution in [-0.2, 0) is 16.4 Å². The fourth-order valence-corrected chi connectivity index (χ4v) is 5.10. The van der Waals surface area contributed by atoms with Gasteiger partial charge in [-0.25, -0.2) is 8.42 Å². The number of fused-ring (bicyclic) bond motifs is 1.